The Hall–Kier alpha value is -16.8. The number of aromatic nitrogens is 6. The Bertz CT molecular complexity index is 7870. The Morgan fingerprint density at radius 1 is 0.127 bits per heavy atom. The molecule has 0 saturated carbocycles. The molecule has 0 bridgehead atoms. The smallest absolute Gasteiger partial charge is 0.160 e. The van der Waals surface area contributed by atoms with Gasteiger partial charge < -0.3 is 0 Å². The van der Waals surface area contributed by atoms with Crippen LogP contribution < -0.4 is 0 Å². The molecule has 588 valence electrons. The summed E-state index contributed by atoms with van der Waals surface area (Å²) < 4.78 is 0. The fourth-order valence-corrected chi connectivity index (χ4v) is 17.8. The summed E-state index contributed by atoms with van der Waals surface area (Å²) in [6, 6.07) is 167. The Balaban J connectivity index is 0.000000150. The second-order valence-electron chi connectivity index (χ2n) is 31.9. The molecule has 23 rings (SSSR count). The third kappa shape index (κ3) is 14.9. The van der Waals surface area contributed by atoms with Crippen molar-refractivity contribution in [3.8, 4) is 168 Å². The van der Waals surface area contributed by atoms with Crippen LogP contribution in [0.4, 0.5) is 0 Å². The van der Waals surface area contributed by atoms with E-state index in [0.717, 1.165) is 156 Å². The second-order valence-corrected chi connectivity index (χ2v) is 31.9. The van der Waals surface area contributed by atoms with Gasteiger partial charge in [0.2, 0.25) is 0 Å². The molecule has 0 aliphatic carbocycles. The van der Waals surface area contributed by atoms with Gasteiger partial charge in [0.05, 0.1) is 45.2 Å². The minimum Gasteiger partial charge on any atom is -0.246 e. The van der Waals surface area contributed by atoms with Gasteiger partial charge in [-0.05, 0) is 113 Å². The molecule has 0 N–H and O–H groups in total. The highest BCUT2D eigenvalue weighted by Gasteiger charge is 2.22. The number of nitrogens with zero attached hydrogens (tertiary/aromatic N) is 6. The van der Waals surface area contributed by atoms with Crippen LogP contribution in [-0.4, -0.2) is 29.9 Å². The van der Waals surface area contributed by atoms with Gasteiger partial charge in [-0.25, -0.2) is 29.9 Å². The number of hydrogen-bond donors (Lipinski definition) is 0. The molecule has 0 aliphatic rings. The van der Waals surface area contributed by atoms with E-state index in [1.807, 2.05) is 24.3 Å². The van der Waals surface area contributed by atoms with E-state index in [4.69, 9.17) is 29.9 Å². The molecular formula is C120H78N6. The first-order valence-electron chi connectivity index (χ1n) is 42.8. The van der Waals surface area contributed by atoms with E-state index in [2.05, 4.69) is 449 Å². The summed E-state index contributed by atoms with van der Waals surface area (Å²) in [4.78, 5) is 31.7. The number of benzene rings is 19. The molecule has 126 heavy (non-hydrogen) atoms. The first-order valence-corrected chi connectivity index (χ1v) is 42.8. The molecule has 0 radical (unpaired) electrons. The van der Waals surface area contributed by atoms with Crippen molar-refractivity contribution in [1.82, 2.24) is 29.9 Å². The maximum Gasteiger partial charge on any atom is 0.160 e. The van der Waals surface area contributed by atoms with Crippen molar-refractivity contribution < 1.29 is 0 Å². The normalized spacial score (nSPS) is 11.3. The molecule has 6 nitrogen and oxygen atoms in total. The van der Waals surface area contributed by atoms with Crippen LogP contribution >= 0.6 is 0 Å². The monoisotopic (exact) mass is 1600 g/mol. The summed E-state index contributed by atoms with van der Waals surface area (Å²) in [7, 11) is 0. The molecule has 23 aromatic rings. The molecule has 0 amide bonds. The van der Waals surface area contributed by atoms with Gasteiger partial charge in [-0.3, -0.25) is 0 Å². The molecule has 0 spiro atoms. The van der Waals surface area contributed by atoms with Gasteiger partial charge in [-0.15, -0.1) is 0 Å². The summed E-state index contributed by atoms with van der Waals surface area (Å²) in [5.41, 5.74) is 31.7. The maximum absolute atomic E-state index is 5.54. The third-order valence-electron chi connectivity index (χ3n) is 24.2. The van der Waals surface area contributed by atoms with Gasteiger partial charge in [0, 0.05) is 88.0 Å². The van der Waals surface area contributed by atoms with Gasteiger partial charge in [0.15, 0.2) is 11.6 Å². The predicted molar refractivity (Wildman–Crippen MR) is 526 cm³/mol. The van der Waals surface area contributed by atoms with Crippen LogP contribution in [0.5, 0.6) is 0 Å². The Kier molecular flexibility index (Phi) is 19.9. The van der Waals surface area contributed by atoms with E-state index in [-0.39, 0.29) is 0 Å². The molecule has 4 aromatic heterocycles. The molecule has 0 unspecified atom stereocenters. The number of hydrogen-bond acceptors (Lipinski definition) is 6. The molecular weight excluding hydrogens is 1530 g/mol. The largest absolute Gasteiger partial charge is 0.246 e. The average molecular weight is 1600 g/mol. The summed E-state index contributed by atoms with van der Waals surface area (Å²) >= 11 is 0. The highest BCUT2D eigenvalue weighted by Crippen LogP contribution is 2.45. The second kappa shape index (κ2) is 33.3. The van der Waals surface area contributed by atoms with Crippen molar-refractivity contribution in [2.45, 2.75) is 0 Å². The Morgan fingerprint density at radius 3 is 0.706 bits per heavy atom. The molecule has 0 fully saturated rings. The van der Waals surface area contributed by atoms with E-state index in [0.29, 0.717) is 11.6 Å². The highest BCUT2D eigenvalue weighted by atomic mass is 14.9. The number of rotatable bonds is 15. The van der Waals surface area contributed by atoms with Crippen LogP contribution in [0.15, 0.2) is 473 Å². The Labute approximate surface area is 731 Å². The molecule has 4 heterocycles. The Morgan fingerprint density at radius 2 is 0.365 bits per heavy atom. The van der Waals surface area contributed by atoms with Crippen LogP contribution in [0, 0.1) is 0 Å². The lowest BCUT2D eigenvalue weighted by Gasteiger charge is -2.16. The van der Waals surface area contributed by atoms with Crippen LogP contribution in [0.25, 0.3) is 233 Å². The number of fused-ring (bicyclic) bond motifs is 10. The standard InChI is InChI=1S/C63H41N3.C57H37N3/c1-4-14-42(15-5-1)44-26-32-49(33-27-44)58-41-59(50-34-28-45(29-35-50)43-16-6-2-7-17-43)65-63(64-58)51-36-30-46(31-37-51)52-21-12-22-53(40-52)61-57-39-38-48-20-10-11-23-54(48)60(57)56-25-13-24-55(62(56)66-61)47-18-8-3-9-19-47;1-4-14-38(15-5-1)39-26-30-44(31-27-39)53-37-52(43-19-8-3-9-20-43)58-57(59-53)45-32-28-40(29-33-45)46-21-12-22-47(36-46)55-51-35-34-42-18-10-11-23-48(42)54(51)50-25-13-24-49(56(50)60-55)41-16-6-2-7-17-41/h1-41H;1-37H. The third-order valence-corrected chi connectivity index (χ3v) is 24.2. The zero-order chi connectivity index (χ0) is 83.6. The zero-order valence-electron chi connectivity index (χ0n) is 68.7. The van der Waals surface area contributed by atoms with Crippen LogP contribution in [-0.2, 0) is 0 Å². The van der Waals surface area contributed by atoms with E-state index in [1.165, 1.54) is 65.7 Å². The van der Waals surface area contributed by atoms with Crippen molar-refractivity contribution in [3.05, 3.63) is 473 Å². The van der Waals surface area contributed by atoms with Crippen LogP contribution in [0.3, 0.4) is 0 Å². The molecule has 0 saturated heterocycles. The lowest BCUT2D eigenvalue weighted by atomic mass is 9.92. The fourth-order valence-electron chi connectivity index (χ4n) is 17.8. The fraction of sp³-hybridized carbons (Fsp3) is 0. The molecule has 0 aliphatic heterocycles. The molecule has 19 aromatic carbocycles. The minimum atomic E-state index is 0.676. The lowest BCUT2D eigenvalue weighted by Crippen LogP contribution is -1.96. The summed E-state index contributed by atoms with van der Waals surface area (Å²) in [5, 5.41) is 11.9. The molecule has 6 heteroatoms. The lowest BCUT2D eigenvalue weighted by molar-refractivity contribution is 1.18. The van der Waals surface area contributed by atoms with Gasteiger partial charge >= 0.3 is 0 Å². The van der Waals surface area contributed by atoms with E-state index in [9.17, 15) is 0 Å². The maximum atomic E-state index is 5.54. The van der Waals surface area contributed by atoms with Gasteiger partial charge in [0.1, 0.15) is 0 Å². The predicted octanol–water partition coefficient (Wildman–Crippen LogP) is 31.7. The van der Waals surface area contributed by atoms with Gasteiger partial charge in [-0.1, -0.05) is 449 Å². The average Bonchev–Trinajstić information content (AvgIpc) is 0.739. The van der Waals surface area contributed by atoms with Crippen molar-refractivity contribution >= 4 is 64.9 Å². The highest BCUT2D eigenvalue weighted by molar-refractivity contribution is 6.25. The van der Waals surface area contributed by atoms with E-state index < -0.39 is 0 Å². The van der Waals surface area contributed by atoms with Crippen LogP contribution in [0.2, 0.25) is 0 Å². The minimum absolute atomic E-state index is 0.676. The van der Waals surface area contributed by atoms with E-state index >= 15 is 0 Å². The van der Waals surface area contributed by atoms with Crippen molar-refractivity contribution in [2.24, 2.45) is 0 Å². The first-order chi connectivity index (χ1) is 62.4. The van der Waals surface area contributed by atoms with Crippen molar-refractivity contribution in [1.29, 1.82) is 0 Å². The van der Waals surface area contributed by atoms with Crippen LogP contribution in [0.1, 0.15) is 0 Å². The summed E-state index contributed by atoms with van der Waals surface area (Å²) in [6.07, 6.45) is 0. The summed E-state index contributed by atoms with van der Waals surface area (Å²) in [5.74, 6) is 1.36. The number of para-hydroxylation sites is 2. The quantitative estimate of drug-likeness (QED) is 0.0952. The topological polar surface area (TPSA) is 77.3 Å². The van der Waals surface area contributed by atoms with Gasteiger partial charge in [-0.2, -0.15) is 0 Å². The number of pyridine rings is 2. The van der Waals surface area contributed by atoms with E-state index in [1.54, 1.807) is 0 Å². The van der Waals surface area contributed by atoms with Crippen molar-refractivity contribution in [3.63, 3.8) is 0 Å². The van der Waals surface area contributed by atoms with Crippen molar-refractivity contribution in [2.75, 3.05) is 0 Å². The molecule has 0 atom stereocenters. The zero-order valence-corrected chi connectivity index (χ0v) is 68.7. The SMILES string of the molecule is c1ccc(-c2ccc(-c3cc(-c4ccc(-c5ccccc5)cc4)nc(-c4ccc(-c5cccc(-c6nc7c(-c8ccccc8)cccc7c7c6ccc6ccccc67)c5)cc4)n3)cc2)cc1.c1ccc(-c2ccc(-c3cc(-c4ccccc4)nc(-c4ccc(-c5cccc(-c6nc7c(-c8ccccc8)cccc7c7c6ccc6ccccc67)c5)cc4)n3)cc2)cc1. The summed E-state index contributed by atoms with van der Waals surface area (Å²) in [6.45, 7) is 0. The first kappa shape index (κ1) is 75.4. The van der Waals surface area contributed by atoms with Gasteiger partial charge in [0.25, 0.3) is 0 Å².